The highest BCUT2D eigenvalue weighted by atomic mass is 19.2. The lowest BCUT2D eigenvalue weighted by Gasteiger charge is -2.11. The van der Waals surface area contributed by atoms with Gasteiger partial charge in [0.1, 0.15) is 5.82 Å². The SMILES string of the molecule is CC1CCNC1c1nc2cc(F)c(F)cc2[nH]1. The summed E-state index contributed by atoms with van der Waals surface area (Å²) in [5.74, 6) is -0.469. The molecule has 1 aromatic carbocycles. The number of rotatable bonds is 1. The summed E-state index contributed by atoms with van der Waals surface area (Å²) < 4.78 is 26.1. The van der Waals surface area contributed by atoms with Crippen LogP contribution in [0.15, 0.2) is 12.1 Å². The number of hydrogen-bond donors (Lipinski definition) is 2. The van der Waals surface area contributed by atoms with Gasteiger partial charge < -0.3 is 10.3 Å². The molecule has 1 aliphatic heterocycles. The number of imidazole rings is 1. The highest BCUT2D eigenvalue weighted by Gasteiger charge is 2.27. The van der Waals surface area contributed by atoms with Gasteiger partial charge in [0, 0.05) is 12.1 Å². The van der Waals surface area contributed by atoms with Gasteiger partial charge in [0.25, 0.3) is 0 Å². The molecule has 2 heterocycles. The Bertz CT molecular complexity index is 525. The van der Waals surface area contributed by atoms with Crippen LogP contribution in [0.5, 0.6) is 0 Å². The first-order valence-corrected chi connectivity index (χ1v) is 5.73. The molecule has 0 spiro atoms. The molecule has 2 N–H and O–H groups in total. The molecule has 0 aliphatic carbocycles. The number of halogens is 2. The van der Waals surface area contributed by atoms with E-state index in [1.165, 1.54) is 0 Å². The van der Waals surface area contributed by atoms with Gasteiger partial charge in [-0.2, -0.15) is 0 Å². The molecule has 2 aromatic rings. The third kappa shape index (κ3) is 1.70. The van der Waals surface area contributed by atoms with E-state index < -0.39 is 11.6 Å². The van der Waals surface area contributed by atoms with Crippen molar-refractivity contribution in [2.45, 2.75) is 19.4 Å². The lowest BCUT2D eigenvalue weighted by Crippen LogP contribution is -2.17. The van der Waals surface area contributed by atoms with E-state index in [2.05, 4.69) is 22.2 Å². The minimum Gasteiger partial charge on any atom is -0.341 e. The second kappa shape index (κ2) is 3.77. The number of hydrogen-bond acceptors (Lipinski definition) is 2. The summed E-state index contributed by atoms with van der Waals surface area (Å²) in [4.78, 5) is 7.38. The van der Waals surface area contributed by atoms with Gasteiger partial charge in [0.15, 0.2) is 11.6 Å². The lowest BCUT2D eigenvalue weighted by atomic mass is 10.0. The predicted octanol–water partition coefficient (Wildman–Crippen LogP) is 2.51. The minimum absolute atomic E-state index is 0.147. The Hall–Kier alpha value is -1.49. The summed E-state index contributed by atoms with van der Waals surface area (Å²) in [5, 5.41) is 3.33. The summed E-state index contributed by atoms with van der Waals surface area (Å²) in [6, 6.07) is 2.43. The quantitative estimate of drug-likeness (QED) is 0.800. The fourth-order valence-corrected chi connectivity index (χ4v) is 2.37. The number of aromatic nitrogens is 2. The van der Waals surface area contributed by atoms with Crippen molar-refractivity contribution in [1.82, 2.24) is 15.3 Å². The van der Waals surface area contributed by atoms with E-state index in [4.69, 9.17) is 0 Å². The monoisotopic (exact) mass is 237 g/mol. The van der Waals surface area contributed by atoms with E-state index in [1.54, 1.807) is 0 Å². The molecule has 1 fully saturated rings. The van der Waals surface area contributed by atoms with E-state index in [1.807, 2.05) is 0 Å². The van der Waals surface area contributed by atoms with Crippen LogP contribution in [0.25, 0.3) is 11.0 Å². The van der Waals surface area contributed by atoms with Crippen LogP contribution in [0.2, 0.25) is 0 Å². The third-order valence-corrected chi connectivity index (χ3v) is 3.37. The molecular weight excluding hydrogens is 224 g/mol. The molecule has 1 aromatic heterocycles. The Balaban J connectivity index is 2.07. The minimum atomic E-state index is -0.858. The summed E-state index contributed by atoms with van der Waals surface area (Å²) in [6.45, 7) is 3.09. The van der Waals surface area contributed by atoms with Crippen LogP contribution >= 0.6 is 0 Å². The zero-order valence-corrected chi connectivity index (χ0v) is 9.43. The summed E-state index contributed by atoms with van der Waals surface area (Å²) in [5.41, 5.74) is 1.01. The van der Waals surface area contributed by atoms with Gasteiger partial charge in [-0.25, -0.2) is 13.8 Å². The molecule has 3 rings (SSSR count). The first-order chi connectivity index (χ1) is 8.15. The molecule has 5 heteroatoms. The van der Waals surface area contributed by atoms with E-state index in [0.29, 0.717) is 17.0 Å². The largest absolute Gasteiger partial charge is 0.341 e. The first-order valence-electron chi connectivity index (χ1n) is 5.73. The molecule has 0 amide bonds. The van der Waals surface area contributed by atoms with Gasteiger partial charge in [-0.05, 0) is 18.9 Å². The highest BCUT2D eigenvalue weighted by molar-refractivity contribution is 5.75. The summed E-state index contributed by atoms with van der Waals surface area (Å²) in [7, 11) is 0. The van der Waals surface area contributed by atoms with Crippen molar-refractivity contribution in [2.24, 2.45) is 5.92 Å². The van der Waals surface area contributed by atoms with Gasteiger partial charge >= 0.3 is 0 Å². The van der Waals surface area contributed by atoms with Crippen LogP contribution < -0.4 is 5.32 Å². The van der Waals surface area contributed by atoms with Crippen LogP contribution in [0.4, 0.5) is 8.78 Å². The Morgan fingerprint density at radius 1 is 1.29 bits per heavy atom. The third-order valence-electron chi connectivity index (χ3n) is 3.37. The van der Waals surface area contributed by atoms with E-state index in [9.17, 15) is 8.78 Å². The smallest absolute Gasteiger partial charge is 0.161 e. The molecule has 1 saturated heterocycles. The molecule has 0 bridgehead atoms. The zero-order valence-electron chi connectivity index (χ0n) is 9.43. The van der Waals surface area contributed by atoms with Crippen LogP contribution in [-0.2, 0) is 0 Å². The first kappa shape index (κ1) is 10.7. The summed E-state index contributed by atoms with van der Waals surface area (Å²) >= 11 is 0. The van der Waals surface area contributed by atoms with Gasteiger partial charge in [0.2, 0.25) is 0 Å². The highest BCUT2D eigenvalue weighted by Crippen LogP contribution is 2.28. The van der Waals surface area contributed by atoms with Crippen molar-refractivity contribution in [1.29, 1.82) is 0 Å². The molecule has 2 atom stereocenters. The summed E-state index contributed by atoms with van der Waals surface area (Å²) in [6.07, 6.45) is 1.09. The predicted molar refractivity (Wildman–Crippen MR) is 60.5 cm³/mol. The van der Waals surface area contributed by atoms with Crippen molar-refractivity contribution in [3.8, 4) is 0 Å². The lowest BCUT2D eigenvalue weighted by molar-refractivity contribution is 0.484. The molecule has 0 saturated carbocycles. The second-order valence-corrected chi connectivity index (χ2v) is 4.60. The fourth-order valence-electron chi connectivity index (χ4n) is 2.37. The number of fused-ring (bicyclic) bond motifs is 1. The Kier molecular flexibility index (Phi) is 2.36. The van der Waals surface area contributed by atoms with Crippen molar-refractivity contribution < 1.29 is 8.78 Å². The van der Waals surface area contributed by atoms with Crippen LogP contribution in [0.3, 0.4) is 0 Å². The maximum absolute atomic E-state index is 13.1. The number of aromatic amines is 1. The van der Waals surface area contributed by atoms with Crippen LogP contribution in [0.1, 0.15) is 25.2 Å². The fraction of sp³-hybridized carbons (Fsp3) is 0.417. The van der Waals surface area contributed by atoms with E-state index in [0.717, 1.165) is 30.9 Å². The van der Waals surface area contributed by atoms with Gasteiger partial charge in [-0.15, -0.1) is 0 Å². The number of H-pyrrole nitrogens is 1. The van der Waals surface area contributed by atoms with Crippen LogP contribution in [0, 0.1) is 17.6 Å². The average Bonchev–Trinajstić information content (AvgIpc) is 2.85. The molecule has 3 nitrogen and oxygen atoms in total. The Morgan fingerprint density at radius 2 is 2.06 bits per heavy atom. The Morgan fingerprint density at radius 3 is 2.76 bits per heavy atom. The molecule has 17 heavy (non-hydrogen) atoms. The molecule has 2 unspecified atom stereocenters. The normalized spacial score (nSPS) is 24.6. The molecule has 1 aliphatic rings. The molecule has 0 radical (unpaired) electrons. The number of nitrogens with zero attached hydrogens (tertiary/aromatic N) is 1. The number of nitrogens with one attached hydrogen (secondary N) is 2. The molecular formula is C12H13F2N3. The maximum Gasteiger partial charge on any atom is 0.161 e. The van der Waals surface area contributed by atoms with Gasteiger partial charge in [-0.1, -0.05) is 6.92 Å². The van der Waals surface area contributed by atoms with Crippen molar-refractivity contribution in [2.75, 3.05) is 6.54 Å². The van der Waals surface area contributed by atoms with Gasteiger partial charge in [0.05, 0.1) is 17.1 Å². The van der Waals surface area contributed by atoms with Crippen LogP contribution in [-0.4, -0.2) is 16.5 Å². The Labute approximate surface area is 97.2 Å². The van der Waals surface area contributed by atoms with Crippen molar-refractivity contribution in [3.05, 3.63) is 29.6 Å². The van der Waals surface area contributed by atoms with Gasteiger partial charge in [-0.3, -0.25) is 0 Å². The van der Waals surface area contributed by atoms with E-state index in [-0.39, 0.29) is 6.04 Å². The number of benzene rings is 1. The molecule has 90 valence electrons. The topological polar surface area (TPSA) is 40.7 Å². The maximum atomic E-state index is 13.1. The van der Waals surface area contributed by atoms with Crippen molar-refractivity contribution in [3.63, 3.8) is 0 Å². The second-order valence-electron chi connectivity index (χ2n) is 4.60. The standard InChI is InChI=1S/C12H13F2N3/c1-6-2-3-15-11(6)12-16-9-4-7(13)8(14)5-10(9)17-12/h4-6,11,15H,2-3H2,1H3,(H,16,17). The van der Waals surface area contributed by atoms with E-state index >= 15 is 0 Å². The van der Waals surface area contributed by atoms with Crippen molar-refractivity contribution >= 4 is 11.0 Å². The zero-order chi connectivity index (χ0) is 12.0. The average molecular weight is 237 g/mol.